The van der Waals surface area contributed by atoms with Crippen LogP contribution in [-0.2, 0) is 11.0 Å². The normalized spacial score (nSPS) is 14.2. The van der Waals surface area contributed by atoms with Crippen molar-refractivity contribution in [1.82, 2.24) is 0 Å². The lowest BCUT2D eigenvalue weighted by Crippen LogP contribution is -2.07. The highest BCUT2D eigenvalue weighted by molar-refractivity contribution is 5.85. The van der Waals surface area contributed by atoms with Crippen LogP contribution < -0.4 is 9.47 Å². The van der Waals surface area contributed by atoms with E-state index >= 15 is 0 Å². The van der Waals surface area contributed by atoms with Crippen molar-refractivity contribution in [3.05, 3.63) is 29.3 Å². The van der Waals surface area contributed by atoms with Gasteiger partial charge in [-0.25, -0.2) is 4.79 Å². The van der Waals surface area contributed by atoms with E-state index in [4.69, 9.17) is 14.6 Å². The van der Waals surface area contributed by atoms with Gasteiger partial charge in [-0.05, 0) is 23.8 Å². The Balaban J connectivity index is 2.49. The summed E-state index contributed by atoms with van der Waals surface area (Å²) in [5.41, 5.74) is -0.906. The highest BCUT2D eigenvalue weighted by Gasteiger charge is 2.38. The van der Waals surface area contributed by atoms with Crippen molar-refractivity contribution in [2.45, 2.75) is 6.18 Å². The van der Waals surface area contributed by atoms with Crippen LogP contribution >= 0.6 is 0 Å². The molecule has 2 rings (SSSR count). The molecule has 96 valence electrons. The lowest BCUT2D eigenvalue weighted by Gasteiger charge is -2.10. The molecular formula is C11H7F3O4. The quantitative estimate of drug-likeness (QED) is 0.830. The van der Waals surface area contributed by atoms with Crippen molar-refractivity contribution in [2.24, 2.45) is 0 Å². The van der Waals surface area contributed by atoms with E-state index < -0.39 is 17.7 Å². The largest absolute Gasteiger partial charge is 0.478 e. The van der Waals surface area contributed by atoms with Crippen LogP contribution in [0.15, 0.2) is 18.2 Å². The summed E-state index contributed by atoms with van der Waals surface area (Å²) in [4.78, 5) is 10.3. The molecular weight excluding hydrogens is 253 g/mol. The van der Waals surface area contributed by atoms with Crippen LogP contribution in [0.5, 0.6) is 11.5 Å². The maximum Gasteiger partial charge on any atom is 0.420 e. The van der Waals surface area contributed by atoms with E-state index in [0.717, 1.165) is 18.2 Å². The summed E-state index contributed by atoms with van der Waals surface area (Å²) in [6.07, 6.45) is -2.79. The van der Waals surface area contributed by atoms with Crippen molar-refractivity contribution in [3.63, 3.8) is 0 Å². The van der Waals surface area contributed by atoms with Crippen molar-refractivity contribution in [1.29, 1.82) is 0 Å². The van der Waals surface area contributed by atoms with E-state index in [-0.39, 0.29) is 23.9 Å². The summed E-state index contributed by atoms with van der Waals surface area (Å²) in [6.45, 7) is -0.287. The Morgan fingerprint density at radius 1 is 1.33 bits per heavy atom. The Kier molecular flexibility index (Phi) is 2.90. The Bertz CT molecular complexity index is 520. The number of carboxylic acids is 1. The fourth-order valence-electron chi connectivity index (χ4n) is 1.51. The van der Waals surface area contributed by atoms with Crippen LogP contribution in [0.4, 0.5) is 13.2 Å². The number of aliphatic carboxylic acids is 1. The summed E-state index contributed by atoms with van der Waals surface area (Å²) in [6, 6.07) is 2.10. The molecule has 1 aliphatic heterocycles. The average Bonchev–Trinajstić information content (AvgIpc) is 2.71. The first-order valence-corrected chi connectivity index (χ1v) is 4.80. The van der Waals surface area contributed by atoms with Gasteiger partial charge in [0, 0.05) is 6.08 Å². The molecule has 1 aromatic rings. The molecule has 0 bridgehead atoms. The number of rotatable bonds is 2. The lowest BCUT2D eigenvalue weighted by atomic mass is 10.1. The number of hydrogen-bond acceptors (Lipinski definition) is 3. The third kappa shape index (κ3) is 2.39. The molecule has 7 heteroatoms. The molecule has 18 heavy (non-hydrogen) atoms. The number of ether oxygens (including phenoxy) is 2. The molecule has 1 aromatic carbocycles. The molecule has 0 unspecified atom stereocenters. The van der Waals surface area contributed by atoms with E-state index in [0.29, 0.717) is 0 Å². The molecule has 0 spiro atoms. The van der Waals surface area contributed by atoms with Gasteiger partial charge in [-0.15, -0.1) is 0 Å². The fourth-order valence-corrected chi connectivity index (χ4v) is 1.51. The first kappa shape index (κ1) is 12.3. The summed E-state index contributed by atoms with van der Waals surface area (Å²) in [5, 5.41) is 8.43. The smallest absolute Gasteiger partial charge is 0.420 e. The number of carbonyl (C=O) groups is 1. The highest BCUT2D eigenvalue weighted by Crippen LogP contribution is 2.44. The molecule has 1 N–H and O–H groups in total. The second kappa shape index (κ2) is 4.25. The summed E-state index contributed by atoms with van der Waals surface area (Å²) >= 11 is 0. The van der Waals surface area contributed by atoms with Crippen LogP contribution in [0.3, 0.4) is 0 Å². The zero-order valence-corrected chi connectivity index (χ0v) is 8.82. The number of fused-ring (bicyclic) bond motifs is 1. The molecule has 0 saturated carbocycles. The summed E-state index contributed by atoms with van der Waals surface area (Å²) in [5.74, 6) is -1.66. The van der Waals surface area contributed by atoms with Gasteiger partial charge in [0.05, 0.1) is 0 Å². The zero-order chi connectivity index (χ0) is 13.3. The molecule has 0 atom stereocenters. The van der Waals surface area contributed by atoms with Gasteiger partial charge >= 0.3 is 12.1 Å². The van der Waals surface area contributed by atoms with E-state index in [1.807, 2.05) is 0 Å². The minimum Gasteiger partial charge on any atom is -0.478 e. The Morgan fingerprint density at radius 2 is 2.06 bits per heavy atom. The van der Waals surface area contributed by atoms with Gasteiger partial charge < -0.3 is 14.6 Å². The molecule has 0 radical (unpaired) electrons. The molecule has 1 aliphatic rings. The zero-order valence-electron chi connectivity index (χ0n) is 8.82. The molecule has 0 aromatic heterocycles. The SMILES string of the molecule is O=C(O)C=Cc1cc2c(c(C(F)(F)F)c1)OCO2. The maximum atomic E-state index is 12.7. The van der Waals surface area contributed by atoms with Gasteiger partial charge in [-0.2, -0.15) is 13.2 Å². The first-order chi connectivity index (χ1) is 8.38. The Labute approximate surface area is 99.2 Å². The number of carboxylic acid groups (broad SMARTS) is 1. The molecule has 0 aliphatic carbocycles. The number of halogens is 3. The van der Waals surface area contributed by atoms with Gasteiger partial charge in [0.25, 0.3) is 0 Å². The fraction of sp³-hybridized carbons (Fsp3) is 0.182. The third-order valence-electron chi connectivity index (χ3n) is 2.22. The van der Waals surface area contributed by atoms with E-state index in [2.05, 4.69) is 0 Å². The van der Waals surface area contributed by atoms with Gasteiger partial charge in [-0.1, -0.05) is 0 Å². The lowest BCUT2D eigenvalue weighted by molar-refractivity contribution is -0.138. The van der Waals surface area contributed by atoms with Crippen molar-refractivity contribution in [3.8, 4) is 11.5 Å². The van der Waals surface area contributed by atoms with Crippen molar-refractivity contribution in [2.75, 3.05) is 6.79 Å². The summed E-state index contributed by atoms with van der Waals surface area (Å²) < 4.78 is 47.9. The topological polar surface area (TPSA) is 55.8 Å². The van der Waals surface area contributed by atoms with Gasteiger partial charge in [0.2, 0.25) is 6.79 Å². The second-order valence-corrected chi connectivity index (χ2v) is 3.47. The molecule has 0 amide bonds. The maximum absolute atomic E-state index is 12.7. The minimum atomic E-state index is -4.59. The second-order valence-electron chi connectivity index (χ2n) is 3.47. The van der Waals surface area contributed by atoms with E-state index in [1.165, 1.54) is 6.07 Å². The van der Waals surface area contributed by atoms with Crippen molar-refractivity contribution < 1.29 is 32.5 Å². The summed E-state index contributed by atoms with van der Waals surface area (Å²) in [7, 11) is 0. The third-order valence-corrected chi connectivity index (χ3v) is 2.22. The van der Waals surface area contributed by atoms with Gasteiger partial charge in [0.1, 0.15) is 5.56 Å². The number of hydrogen-bond donors (Lipinski definition) is 1. The van der Waals surface area contributed by atoms with Crippen LogP contribution in [-0.4, -0.2) is 17.9 Å². The van der Waals surface area contributed by atoms with Crippen molar-refractivity contribution >= 4 is 12.0 Å². The van der Waals surface area contributed by atoms with E-state index in [9.17, 15) is 18.0 Å². The van der Waals surface area contributed by atoms with E-state index in [1.54, 1.807) is 0 Å². The number of benzene rings is 1. The first-order valence-electron chi connectivity index (χ1n) is 4.80. The Hall–Kier alpha value is -2.18. The van der Waals surface area contributed by atoms with Crippen LogP contribution in [0.25, 0.3) is 6.08 Å². The van der Waals surface area contributed by atoms with Gasteiger partial charge in [0.15, 0.2) is 11.5 Å². The minimum absolute atomic E-state index is 0.0464. The Morgan fingerprint density at radius 3 is 2.67 bits per heavy atom. The average molecular weight is 260 g/mol. The van der Waals surface area contributed by atoms with Crippen LogP contribution in [0, 0.1) is 0 Å². The van der Waals surface area contributed by atoms with Gasteiger partial charge in [-0.3, -0.25) is 0 Å². The molecule has 4 nitrogen and oxygen atoms in total. The molecule has 0 saturated heterocycles. The molecule has 1 heterocycles. The monoisotopic (exact) mass is 260 g/mol. The predicted molar refractivity (Wildman–Crippen MR) is 54.2 cm³/mol. The highest BCUT2D eigenvalue weighted by atomic mass is 19.4. The standard InChI is InChI=1S/C11H7F3O4/c12-11(13,14)7-3-6(1-2-9(15)16)4-8-10(7)18-5-17-8/h1-4H,5H2,(H,15,16). The predicted octanol–water partition coefficient (Wildman–Crippen LogP) is 2.53. The van der Waals surface area contributed by atoms with Crippen LogP contribution in [0.2, 0.25) is 0 Å². The molecule has 0 fully saturated rings. The number of alkyl halides is 3. The van der Waals surface area contributed by atoms with Crippen LogP contribution in [0.1, 0.15) is 11.1 Å².